The Morgan fingerprint density at radius 2 is 2.24 bits per heavy atom. The van der Waals surface area contributed by atoms with Crippen molar-refractivity contribution < 1.29 is 4.79 Å². The minimum Gasteiger partial charge on any atom is -0.337 e. The molecule has 1 amide bonds. The Labute approximate surface area is 114 Å². The van der Waals surface area contributed by atoms with Crippen LogP contribution in [0.2, 0.25) is 5.02 Å². The molecule has 1 aliphatic heterocycles. The van der Waals surface area contributed by atoms with Gasteiger partial charge >= 0.3 is 0 Å². The maximum absolute atomic E-state index is 11.7. The normalized spacial score (nSPS) is 25.2. The summed E-state index contributed by atoms with van der Waals surface area (Å²) in [5.41, 5.74) is 7.02. The van der Waals surface area contributed by atoms with Crippen LogP contribution in [-0.2, 0) is 4.79 Å². The van der Waals surface area contributed by atoms with Crippen molar-refractivity contribution in [2.75, 3.05) is 7.05 Å². The highest BCUT2D eigenvalue weighted by atomic mass is 79.9. The van der Waals surface area contributed by atoms with Gasteiger partial charge in [0.2, 0.25) is 5.91 Å². The second-order valence-corrected chi connectivity index (χ2v) is 5.64. The lowest BCUT2D eigenvalue weighted by molar-refractivity contribution is -0.135. The van der Waals surface area contributed by atoms with Crippen LogP contribution in [0.5, 0.6) is 0 Å². The number of hydrogen-bond donors (Lipinski definition) is 1. The van der Waals surface area contributed by atoms with Crippen LogP contribution in [0.25, 0.3) is 0 Å². The summed E-state index contributed by atoms with van der Waals surface area (Å²) >= 11 is 9.58. The van der Waals surface area contributed by atoms with Crippen LogP contribution in [0, 0.1) is 0 Å². The Bertz CT molecular complexity index is 452. The van der Waals surface area contributed by atoms with E-state index in [4.69, 9.17) is 17.3 Å². The second kappa shape index (κ2) is 4.96. The zero-order valence-corrected chi connectivity index (χ0v) is 11.8. The molecule has 0 radical (unpaired) electrons. The Hall–Kier alpha value is -0.580. The molecular weight excluding hydrogens is 304 g/mol. The summed E-state index contributed by atoms with van der Waals surface area (Å²) in [5, 5.41) is 0.640. The summed E-state index contributed by atoms with van der Waals surface area (Å²) in [4.78, 5) is 13.4. The highest BCUT2D eigenvalue weighted by molar-refractivity contribution is 9.10. The summed E-state index contributed by atoms with van der Waals surface area (Å²) in [6.45, 7) is 0. The quantitative estimate of drug-likeness (QED) is 0.865. The first kappa shape index (κ1) is 12.9. The van der Waals surface area contributed by atoms with E-state index >= 15 is 0 Å². The molecule has 5 heteroatoms. The molecule has 0 aromatic heterocycles. The van der Waals surface area contributed by atoms with Gasteiger partial charge in [-0.15, -0.1) is 0 Å². The molecule has 0 aliphatic carbocycles. The van der Waals surface area contributed by atoms with E-state index in [-0.39, 0.29) is 18.0 Å². The highest BCUT2D eigenvalue weighted by Crippen LogP contribution is 2.34. The van der Waals surface area contributed by atoms with Gasteiger partial charge < -0.3 is 10.6 Å². The number of halogens is 2. The van der Waals surface area contributed by atoms with Crippen LogP contribution in [0.1, 0.15) is 24.4 Å². The molecular formula is C12H14BrClN2O. The Morgan fingerprint density at radius 1 is 1.53 bits per heavy atom. The third-order valence-electron chi connectivity index (χ3n) is 3.19. The van der Waals surface area contributed by atoms with Crippen molar-refractivity contribution >= 4 is 33.4 Å². The number of hydrogen-bond acceptors (Lipinski definition) is 2. The molecule has 92 valence electrons. The number of nitrogens with zero attached hydrogens (tertiary/aromatic N) is 1. The van der Waals surface area contributed by atoms with Crippen molar-refractivity contribution in [3.8, 4) is 0 Å². The summed E-state index contributed by atoms with van der Waals surface area (Å²) < 4.78 is 0.921. The van der Waals surface area contributed by atoms with Gasteiger partial charge in [0.25, 0.3) is 0 Å². The highest BCUT2D eigenvalue weighted by Gasteiger charge is 2.33. The van der Waals surface area contributed by atoms with E-state index in [0.717, 1.165) is 10.0 Å². The molecule has 1 aliphatic rings. The van der Waals surface area contributed by atoms with Crippen molar-refractivity contribution in [2.45, 2.75) is 24.9 Å². The van der Waals surface area contributed by atoms with Gasteiger partial charge in [0.15, 0.2) is 0 Å². The van der Waals surface area contributed by atoms with Gasteiger partial charge in [0.1, 0.15) is 0 Å². The number of benzene rings is 1. The number of piperidine rings is 1. The van der Waals surface area contributed by atoms with Gasteiger partial charge in [-0.3, -0.25) is 4.79 Å². The number of rotatable bonds is 1. The molecule has 17 heavy (non-hydrogen) atoms. The van der Waals surface area contributed by atoms with Crippen LogP contribution in [-0.4, -0.2) is 23.9 Å². The first-order chi connectivity index (χ1) is 8.00. The van der Waals surface area contributed by atoms with Crippen molar-refractivity contribution in [1.82, 2.24) is 4.90 Å². The topological polar surface area (TPSA) is 46.3 Å². The molecule has 3 nitrogen and oxygen atoms in total. The van der Waals surface area contributed by atoms with Gasteiger partial charge in [-0.25, -0.2) is 0 Å². The fraction of sp³-hybridized carbons (Fsp3) is 0.417. The SMILES string of the molecule is CN1C(=O)CCC(N)C1c1ccc(Br)cc1Cl. The maximum Gasteiger partial charge on any atom is 0.222 e. The van der Waals surface area contributed by atoms with Crippen LogP contribution in [0.3, 0.4) is 0 Å². The molecule has 2 N–H and O–H groups in total. The molecule has 0 spiro atoms. The second-order valence-electron chi connectivity index (χ2n) is 4.32. The minimum atomic E-state index is -0.128. The van der Waals surface area contributed by atoms with E-state index in [1.807, 2.05) is 18.2 Å². The first-order valence-corrected chi connectivity index (χ1v) is 6.64. The Morgan fingerprint density at radius 3 is 2.88 bits per heavy atom. The fourth-order valence-corrected chi connectivity index (χ4v) is 3.03. The summed E-state index contributed by atoms with van der Waals surface area (Å²) in [7, 11) is 1.78. The summed E-state index contributed by atoms with van der Waals surface area (Å²) in [6, 6.07) is 5.48. The number of amides is 1. The molecule has 2 atom stereocenters. The zero-order valence-electron chi connectivity index (χ0n) is 9.49. The van der Waals surface area contributed by atoms with Crippen molar-refractivity contribution in [3.05, 3.63) is 33.3 Å². The minimum absolute atomic E-state index is 0.0589. The van der Waals surface area contributed by atoms with Gasteiger partial charge in [-0.1, -0.05) is 33.6 Å². The van der Waals surface area contributed by atoms with Gasteiger partial charge in [-0.05, 0) is 24.1 Å². The van der Waals surface area contributed by atoms with E-state index < -0.39 is 0 Å². The number of likely N-dealkylation sites (tertiary alicyclic amines) is 1. The maximum atomic E-state index is 11.7. The van der Waals surface area contributed by atoms with Crippen molar-refractivity contribution in [2.24, 2.45) is 5.73 Å². The van der Waals surface area contributed by atoms with E-state index in [1.165, 1.54) is 0 Å². The van der Waals surface area contributed by atoms with E-state index in [0.29, 0.717) is 17.9 Å². The Balaban J connectivity index is 2.39. The zero-order chi connectivity index (χ0) is 12.6. The molecule has 2 unspecified atom stereocenters. The molecule has 1 fully saturated rings. The monoisotopic (exact) mass is 316 g/mol. The average Bonchev–Trinajstić information content (AvgIpc) is 2.27. The number of likely N-dealkylation sites (N-methyl/N-ethyl adjacent to an activating group) is 1. The van der Waals surface area contributed by atoms with Crippen LogP contribution in [0.15, 0.2) is 22.7 Å². The molecule has 1 saturated heterocycles. The number of carbonyl (C=O) groups is 1. The Kier molecular flexibility index (Phi) is 3.76. The predicted molar refractivity (Wildman–Crippen MR) is 71.9 cm³/mol. The van der Waals surface area contributed by atoms with Gasteiger partial charge in [0.05, 0.1) is 6.04 Å². The predicted octanol–water partition coefficient (Wildman–Crippen LogP) is 2.72. The third-order valence-corrected chi connectivity index (χ3v) is 4.01. The number of nitrogens with two attached hydrogens (primary N) is 1. The molecule has 0 bridgehead atoms. The first-order valence-electron chi connectivity index (χ1n) is 5.47. The smallest absolute Gasteiger partial charge is 0.222 e. The molecule has 0 saturated carbocycles. The van der Waals surface area contributed by atoms with E-state index in [9.17, 15) is 4.79 Å². The summed E-state index contributed by atoms with van der Waals surface area (Å²) in [5.74, 6) is 0.121. The van der Waals surface area contributed by atoms with E-state index in [1.54, 1.807) is 11.9 Å². The molecule has 1 aromatic rings. The molecule has 1 aromatic carbocycles. The van der Waals surface area contributed by atoms with Gasteiger partial charge in [0, 0.05) is 29.0 Å². The van der Waals surface area contributed by atoms with E-state index in [2.05, 4.69) is 15.9 Å². The standard InChI is InChI=1S/C12H14BrClN2O/c1-16-11(17)5-4-10(15)12(16)8-3-2-7(13)6-9(8)14/h2-3,6,10,12H,4-5,15H2,1H3. The van der Waals surface area contributed by atoms with Gasteiger partial charge in [-0.2, -0.15) is 0 Å². The molecule has 1 heterocycles. The lowest BCUT2D eigenvalue weighted by atomic mass is 9.91. The van der Waals surface area contributed by atoms with Crippen molar-refractivity contribution in [3.63, 3.8) is 0 Å². The van der Waals surface area contributed by atoms with Crippen LogP contribution in [0.4, 0.5) is 0 Å². The largest absolute Gasteiger partial charge is 0.337 e. The van der Waals surface area contributed by atoms with Crippen molar-refractivity contribution in [1.29, 1.82) is 0 Å². The molecule has 2 rings (SSSR count). The van der Waals surface area contributed by atoms with Crippen LogP contribution < -0.4 is 5.73 Å². The fourth-order valence-electron chi connectivity index (χ4n) is 2.25. The average molecular weight is 318 g/mol. The third kappa shape index (κ3) is 2.49. The summed E-state index contributed by atoms with van der Waals surface area (Å²) in [6.07, 6.45) is 1.22. The number of carbonyl (C=O) groups excluding carboxylic acids is 1. The lowest BCUT2D eigenvalue weighted by Crippen LogP contribution is -2.46. The lowest BCUT2D eigenvalue weighted by Gasteiger charge is -2.37. The van der Waals surface area contributed by atoms with Crippen LogP contribution >= 0.6 is 27.5 Å².